The van der Waals surface area contributed by atoms with Crippen LogP contribution in [0.15, 0.2) is 65.1 Å². The van der Waals surface area contributed by atoms with Crippen LogP contribution in [0.5, 0.6) is 0 Å². The summed E-state index contributed by atoms with van der Waals surface area (Å²) in [6.45, 7) is 0.201. The first-order valence-electron chi connectivity index (χ1n) is 7.43. The van der Waals surface area contributed by atoms with Gasteiger partial charge in [-0.2, -0.15) is 0 Å². The molecular formula is C19H18BrNO3. The number of carbonyl (C=O) groups is 2. The van der Waals surface area contributed by atoms with Gasteiger partial charge in [0.15, 0.2) is 6.61 Å². The molecule has 0 aromatic heterocycles. The fourth-order valence-electron chi connectivity index (χ4n) is 2.00. The van der Waals surface area contributed by atoms with Crippen molar-refractivity contribution >= 4 is 33.9 Å². The number of carbonyl (C=O) groups excluding carboxylic acids is 2. The van der Waals surface area contributed by atoms with Gasteiger partial charge >= 0.3 is 5.97 Å². The smallest absolute Gasteiger partial charge is 0.331 e. The minimum absolute atomic E-state index is 0.249. The van der Waals surface area contributed by atoms with Crippen LogP contribution < -0.4 is 0 Å². The minimum Gasteiger partial charge on any atom is -0.452 e. The zero-order valence-corrected chi connectivity index (χ0v) is 14.9. The maximum absolute atomic E-state index is 12.0. The molecule has 124 valence electrons. The van der Waals surface area contributed by atoms with E-state index in [9.17, 15) is 9.59 Å². The van der Waals surface area contributed by atoms with E-state index in [2.05, 4.69) is 15.9 Å². The van der Waals surface area contributed by atoms with E-state index in [4.69, 9.17) is 4.74 Å². The molecular weight excluding hydrogens is 370 g/mol. The quantitative estimate of drug-likeness (QED) is 0.561. The second-order valence-electron chi connectivity index (χ2n) is 5.20. The van der Waals surface area contributed by atoms with E-state index in [1.165, 1.54) is 11.0 Å². The van der Waals surface area contributed by atoms with E-state index in [0.29, 0.717) is 6.54 Å². The number of hydrogen-bond acceptors (Lipinski definition) is 3. The number of hydrogen-bond donors (Lipinski definition) is 0. The normalized spacial score (nSPS) is 10.6. The van der Waals surface area contributed by atoms with Gasteiger partial charge in [-0.15, -0.1) is 0 Å². The molecule has 2 aromatic carbocycles. The molecule has 0 unspecified atom stereocenters. The van der Waals surface area contributed by atoms with Gasteiger partial charge in [0.1, 0.15) is 0 Å². The average Bonchev–Trinajstić information content (AvgIpc) is 2.59. The predicted molar refractivity (Wildman–Crippen MR) is 97.1 cm³/mol. The van der Waals surface area contributed by atoms with E-state index in [1.54, 1.807) is 13.1 Å². The highest BCUT2D eigenvalue weighted by Gasteiger charge is 2.11. The molecule has 0 atom stereocenters. The van der Waals surface area contributed by atoms with Crippen LogP contribution >= 0.6 is 15.9 Å². The average molecular weight is 388 g/mol. The van der Waals surface area contributed by atoms with Crippen molar-refractivity contribution in [1.82, 2.24) is 4.90 Å². The van der Waals surface area contributed by atoms with Crippen LogP contribution in [0, 0.1) is 0 Å². The van der Waals surface area contributed by atoms with Crippen LogP contribution in [0.2, 0.25) is 0 Å². The van der Waals surface area contributed by atoms with Crippen molar-refractivity contribution in [3.05, 3.63) is 76.3 Å². The van der Waals surface area contributed by atoms with Crippen molar-refractivity contribution in [3.63, 3.8) is 0 Å². The van der Waals surface area contributed by atoms with Crippen LogP contribution in [-0.2, 0) is 20.9 Å². The summed E-state index contributed by atoms with van der Waals surface area (Å²) in [5, 5.41) is 0. The Labute approximate surface area is 149 Å². The Balaban J connectivity index is 1.80. The molecule has 24 heavy (non-hydrogen) atoms. The van der Waals surface area contributed by atoms with Gasteiger partial charge in [0.2, 0.25) is 0 Å². The standard InChI is InChI=1S/C19H18BrNO3/c1-21(13-15-7-3-2-4-8-15)18(22)14-24-19(23)12-11-16-9-5-6-10-17(16)20/h2-12H,13-14H2,1H3/b12-11+. The number of benzene rings is 2. The molecule has 0 fully saturated rings. The Bertz CT molecular complexity index is 728. The third-order valence-corrected chi connectivity index (χ3v) is 4.05. The van der Waals surface area contributed by atoms with Gasteiger partial charge in [-0.25, -0.2) is 4.79 Å². The third kappa shape index (κ3) is 5.66. The summed E-state index contributed by atoms with van der Waals surface area (Å²) >= 11 is 3.40. The summed E-state index contributed by atoms with van der Waals surface area (Å²) in [6, 6.07) is 17.1. The molecule has 0 aliphatic carbocycles. The van der Waals surface area contributed by atoms with Crippen molar-refractivity contribution in [1.29, 1.82) is 0 Å². The molecule has 0 aliphatic rings. The molecule has 1 amide bonds. The van der Waals surface area contributed by atoms with E-state index >= 15 is 0 Å². The van der Waals surface area contributed by atoms with Crippen molar-refractivity contribution in [2.45, 2.75) is 6.54 Å². The number of halogens is 1. The molecule has 0 radical (unpaired) electrons. The second kappa shape index (κ2) is 9.03. The van der Waals surface area contributed by atoms with Crippen LogP contribution in [-0.4, -0.2) is 30.4 Å². The summed E-state index contributed by atoms with van der Waals surface area (Å²) in [5.74, 6) is -0.797. The van der Waals surface area contributed by atoms with Crippen LogP contribution in [0.25, 0.3) is 6.08 Å². The fraction of sp³-hybridized carbons (Fsp3) is 0.158. The van der Waals surface area contributed by atoms with Crippen molar-refractivity contribution in [2.75, 3.05) is 13.7 Å². The van der Waals surface area contributed by atoms with Crippen LogP contribution in [0.3, 0.4) is 0 Å². The highest BCUT2D eigenvalue weighted by molar-refractivity contribution is 9.10. The van der Waals surface area contributed by atoms with Gasteiger partial charge in [-0.3, -0.25) is 4.79 Å². The molecule has 0 bridgehead atoms. The van der Waals surface area contributed by atoms with Gasteiger partial charge in [-0.1, -0.05) is 64.5 Å². The first kappa shape index (κ1) is 17.9. The lowest BCUT2D eigenvalue weighted by atomic mass is 10.2. The summed E-state index contributed by atoms with van der Waals surface area (Å²) in [4.78, 5) is 25.2. The maximum atomic E-state index is 12.0. The van der Waals surface area contributed by atoms with Gasteiger partial charge < -0.3 is 9.64 Å². The molecule has 0 saturated heterocycles. The molecule has 5 heteroatoms. The molecule has 0 spiro atoms. The highest BCUT2D eigenvalue weighted by atomic mass is 79.9. The van der Waals surface area contributed by atoms with Crippen LogP contribution in [0.4, 0.5) is 0 Å². The first-order valence-corrected chi connectivity index (χ1v) is 8.23. The molecule has 4 nitrogen and oxygen atoms in total. The summed E-state index contributed by atoms with van der Waals surface area (Å²) < 4.78 is 5.87. The van der Waals surface area contributed by atoms with Crippen molar-refractivity contribution < 1.29 is 14.3 Å². The SMILES string of the molecule is CN(Cc1ccccc1)C(=O)COC(=O)/C=C/c1ccccc1Br. The van der Waals surface area contributed by atoms with Crippen molar-refractivity contribution in [2.24, 2.45) is 0 Å². The van der Waals surface area contributed by atoms with Crippen molar-refractivity contribution in [3.8, 4) is 0 Å². The topological polar surface area (TPSA) is 46.6 Å². The van der Waals surface area contributed by atoms with Gasteiger partial charge in [-0.05, 0) is 23.3 Å². The highest BCUT2D eigenvalue weighted by Crippen LogP contribution is 2.17. The summed E-state index contributed by atoms with van der Waals surface area (Å²) in [7, 11) is 1.68. The Kier molecular flexibility index (Phi) is 6.75. The number of esters is 1. The van der Waals surface area contributed by atoms with E-state index in [-0.39, 0.29) is 12.5 Å². The number of amides is 1. The molecule has 0 heterocycles. The number of rotatable bonds is 6. The van der Waals surface area contributed by atoms with Gasteiger partial charge in [0.05, 0.1) is 0 Å². The van der Waals surface area contributed by atoms with E-state index in [0.717, 1.165) is 15.6 Å². The molecule has 0 saturated carbocycles. The number of nitrogens with zero attached hydrogens (tertiary/aromatic N) is 1. The Hall–Kier alpha value is -2.40. The minimum atomic E-state index is -0.549. The molecule has 2 rings (SSSR count). The predicted octanol–water partition coefficient (Wildman–Crippen LogP) is 3.66. The zero-order chi connectivity index (χ0) is 17.4. The number of likely N-dealkylation sites (N-methyl/N-ethyl adjacent to an activating group) is 1. The largest absolute Gasteiger partial charge is 0.452 e. The lowest BCUT2D eigenvalue weighted by Crippen LogP contribution is -2.30. The Morgan fingerprint density at radius 2 is 1.75 bits per heavy atom. The zero-order valence-electron chi connectivity index (χ0n) is 13.3. The third-order valence-electron chi connectivity index (χ3n) is 3.33. The Morgan fingerprint density at radius 1 is 1.08 bits per heavy atom. The monoisotopic (exact) mass is 387 g/mol. The lowest BCUT2D eigenvalue weighted by molar-refractivity contribution is -0.147. The number of ether oxygens (including phenoxy) is 1. The summed E-state index contributed by atoms with van der Waals surface area (Å²) in [5.41, 5.74) is 1.88. The Morgan fingerprint density at radius 3 is 2.46 bits per heavy atom. The summed E-state index contributed by atoms with van der Waals surface area (Å²) in [6.07, 6.45) is 2.95. The maximum Gasteiger partial charge on any atom is 0.331 e. The fourth-order valence-corrected chi connectivity index (χ4v) is 2.42. The lowest BCUT2D eigenvalue weighted by Gasteiger charge is -2.16. The van der Waals surface area contributed by atoms with E-state index in [1.807, 2.05) is 54.6 Å². The molecule has 2 aromatic rings. The van der Waals surface area contributed by atoms with Gasteiger partial charge in [0, 0.05) is 24.1 Å². The van der Waals surface area contributed by atoms with E-state index < -0.39 is 5.97 Å². The second-order valence-corrected chi connectivity index (χ2v) is 6.05. The molecule has 0 aliphatic heterocycles. The van der Waals surface area contributed by atoms with Crippen LogP contribution in [0.1, 0.15) is 11.1 Å². The molecule has 0 N–H and O–H groups in total. The van der Waals surface area contributed by atoms with Gasteiger partial charge in [0.25, 0.3) is 5.91 Å². The first-order chi connectivity index (χ1) is 11.6.